The minimum atomic E-state index is 0.577. The molecule has 106 valence electrons. The van der Waals surface area contributed by atoms with Gasteiger partial charge in [-0.05, 0) is 36.4 Å². The van der Waals surface area contributed by atoms with Gasteiger partial charge in [-0.1, -0.05) is 30.3 Å². The lowest BCUT2D eigenvalue weighted by atomic mass is 10.3. The van der Waals surface area contributed by atoms with Gasteiger partial charge < -0.3 is 4.74 Å². The number of hydrogen-bond acceptors (Lipinski definition) is 4. The van der Waals surface area contributed by atoms with Gasteiger partial charge in [0.05, 0.1) is 15.8 Å². The molecule has 0 radical (unpaired) electrons. The van der Waals surface area contributed by atoms with E-state index in [1.54, 1.807) is 17.5 Å². The Morgan fingerprint density at radius 2 is 1.64 bits per heavy atom. The molecule has 0 atom stereocenters. The maximum absolute atomic E-state index is 5.92. The summed E-state index contributed by atoms with van der Waals surface area (Å²) < 4.78 is 7.07. The van der Waals surface area contributed by atoms with Crippen molar-refractivity contribution in [2.75, 3.05) is 0 Å². The van der Waals surface area contributed by atoms with E-state index >= 15 is 0 Å². The molecule has 0 N–H and O–H groups in total. The lowest BCUT2D eigenvalue weighted by Crippen LogP contribution is -1.90. The first-order valence-electron chi connectivity index (χ1n) is 6.94. The molecular formula is C18H12N2OS. The van der Waals surface area contributed by atoms with Crippen LogP contribution in [0.4, 0.5) is 0 Å². The number of aromatic nitrogens is 2. The van der Waals surface area contributed by atoms with Crippen LogP contribution in [0.1, 0.15) is 0 Å². The number of para-hydroxylation sites is 2. The van der Waals surface area contributed by atoms with Gasteiger partial charge in [-0.3, -0.25) is 0 Å². The van der Waals surface area contributed by atoms with Crippen molar-refractivity contribution >= 4 is 21.6 Å². The number of hydrogen-bond donors (Lipinski definition) is 0. The first-order chi connectivity index (χ1) is 10.9. The molecule has 0 bridgehead atoms. The predicted molar refractivity (Wildman–Crippen MR) is 89.4 cm³/mol. The maximum atomic E-state index is 5.92. The molecule has 2 aromatic heterocycles. The summed E-state index contributed by atoms with van der Waals surface area (Å²) in [6.45, 7) is 0. The van der Waals surface area contributed by atoms with Crippen LogP contribution in [0.25, 0.3) is 20.8 Å². The Morgan fingerprint density at radius 3 is 2.50 bits per heavy atom. The highest BCUT2D eigenvalue weighted by Crippen LogP contribution is 2.35. The molecular weight excluding hydrogens is 292 g/mol. The predicted octanol–water partition coefficient (Wildman–Crippen LogP) is 5.15. The number of nitrogens with zero attached hydrogens (tertiary/aromatic N) is 2. The lowest BCUT2D eigenvalue weighted by Gasteiger charge is -2.07. The van der Waals surface area contributed by atoms with Crippen LogP contribution in [-0.2, 0) is 0 Å². The molecule has 0 saturated carbocycles. The van der Waals surface area contributed by atoms with E-state index in [2.05, 4.69) is 16.0 Å². The number of fused-ring (bicyclic) bond motifs is 1. The number of ether oxygens (including phenoxy) is 1. The molecule has 4 rings (SSSR count). The molecule has 22 heavy (non-hydrogen) atoms. The topological polar surface area (TPSA) is 35.0 Å². The average Bonchev–Trinajstić information content (AvgIpc) is 3.00. The van der Waals surface area contributed by atoms with Gasteiger partial charge in [0.2, 0.25) is 5.88 Å². The highest BCUT2D eigenvalue weighted by atomic mass is 32.1. The van der Waals surface area contributed by atoms with E-state index in [-0.39, 0.29) is 0 Å². The van der Waals surface area contributed by atoms with Crippen LogP contribution in [0.15, 0.2) is 72.9 Å². The van der Waals surface area contributed by atoms with Crippen LogP contribution in [0.3, 0.4) is 0 Å². The molecule has 0 aliphatic carbocycles. The zero-order valence-electron chi connectivity index (χ0n) is 11.6. The third-order valence-corrected chi connectivity index (χ3v) is 4.32. The molecule has 0 aliphatic rings. The SMILES string of the molecule is c1ccc(Oc2ncccc2-c2nc3ccccc3s2)cc1. The molecule has 4 heteroatoms. The van der Waals surface area contributed by atoms with Crippen molar-refractivity contribution in [2.24, 2.45) is 0 Å². The Kier molecular flexibility index (Phi) is 3.29. The van der Waals surface area contributed by atoms with Gasteiger partial charge >= 0.3 is 0 Å². The second-order valence-corrected chi connectivity index (χ2v) is 5.79. The van der Waals surface area contributed by atoms with Gasteiger partial charge in [0.15, 0.2) is 0 Å². The third kappa shape index (κ3) is 2.44. The van der Waals surface area contributed by atoms with E-state index < -0.39 is 0 Å². The van der Waals surface area contributed by atoms with Crippen molar-refractivity contribution in [3.8, 4) is 22.2 Å². The summed E-state index contributed by atoms with van der Waals surface area (Å²) in [5.41, 5.74) is 1.91. The Hall–Kier alpha value is -2.72. The van der Waals surface area contributed by atoms with E-state index in [0.29, 0.717) is 5.88 Å². The Morgan fingerprint density at radius 1 is 0.818 bits per heavy atom. The van der Waals surface area contributed by atoms with E-state index in [9.17, 15) is 0 Å². The summed E-state index contributed by atoms with van der Waals surface area (Å²) >= 11 is 1.64. The fourth-order valence-electron chi connectivity index (χ4n) is 2.22. The number of rotatable bonds is 3. The summed E-state index contributed by atoms with van der Waals surface area (Å²) in [6, 6.07) is 21.7. The average molecular weight is 304 g/mol. The van der Waals surface area contributed by atoms with Crippen molar-refractivity contribution in [2.45, 2.75) is 0 Å². The first kappa shape index (κ1) is 13.0. The summed E-state index contributed by atoms with van der Waals surface area (Å²) in [5.74, 6) is 1.34. The monoisotopic (exact) mass is 304 g/mol. The summed E-state index contributed by atoms with van der Waals surface area (Å²) in [4.78, 5) is 9.05. The lowest BCUT2D eigenvalue weighted by molar-refractivity contribution is 0.465. The minimum Gasteiger partial charge on any atom is -0.438 e. The normalized spacial score (nSPS) is 10.7. The molecule has 0 unspecified atom stereocenters. The van der Waals surface area contributed by atoms with Gasteiger partial charge in [-0.15, -0.1) is 11.3 Å². The highest BCUT2D eigenvalue weighted by molar-refractivity contribution is 7.21. The molecule has 2 aromatic carbocycles. The van der Waals surface area contributed by atoms with Crippen LogP contribution < -0.4 is 4.74 Å². The minimum absolute atomic E-state index is 0.577. The van der Waals surface area contributed by atoms with Crippen molar-refractivity contribution in [3.63, 3.8) is 0 Å². The summed E-state index contributed by atoms with van der Waals surface area (Å²) in [6.07, 6.45) is 1.73. The molecule has 4 aromatic rings. The maximum Gasteiger partial charge on any atom is 0.229 e. The number of pyridine rings is 1. The fourth-order valence-corrected chi connectivity index (χ4v) is 3.20. The van der Waals surface area contributed by atoms with E-state index in [1.165, 1.54) is 0 Å². The molecule has 2 heterocycles. The van der Waals surface area contributed by atoms with Crippen molar-refractivity contribution < 1.29 is 4.74 Å². The largest absolute Gasteiger partial charge is 0.438 e. The van der Waals surface area contributed by atoms with E-state index in [4.69, 9.17) is 4.74 Å². The van der Waals surface area contributed by atoms with Crippen LogP contribution >= 0.6 is 11.3 Å². The van der Waals surface area contributed by atoms with Crippen molar-refractivity contribution in [1.82, 2.24) is 9.97 Å². The molecule has 0 amide bonds. The van der Waals surface area contributed by atoms with Gasteiger partial charge in [0.1, 0.15) is 10.8 Å². The van der Waals surface area contributed by atoms with Crippen LogP contribution in [0.5, 0.6) is 11.6 Å². The van der Waals surface area contributed by atoms with Crippen LogP contribution in [0.2, 0.25) is 0 Å². The van der Waals surface area contributed by atoms with Crippen LogP contribution in [0, 0.1) is 0 Å². The van der Waals surface area contributed by atoms with Gasteiger partial charge in [0, 0.05) is 6.20 Å². The quantitative estimate of drug-likeness (QED) is 0.525. The zero-order valence-corrected chi connectivity index (χ0v) is 12.5. The molecule has 3 nitrogen and oxygen atoms in total. The van der Waals surface area contributed by atoms with E-state index in [0.717, 1.165) is 26.5 Å². The second-order valence-electron chi connectivity index (χ2n) is 4.76. The first-order valence-corrected chi connectivity index (χ1v) is 7.76. The highest BCUT2D eigenvalue weighted by Gasteiger charge is 2.13. The summed E-state index contributed by atoms with van der Waals surface area (Å²) in [7, 11) is 0. The number of benzene rings is 2. The molecule has 0 spiro atoms. The molecule has 0 aliphatic heterocycles. The van der Waals surface area contributed by atoms with Crippen LogP contribution in [-0.4, -0.2) is 9.97 Å². The van der Waals surface area contributed by atoms with E-state index in [1.807, 2.05) is 60.7 Å². The smallest absolute Gasteiger partial charge is 0.229 e. The summed E-state index contributed by atoms with van der Waals surface area (Å²) in [5, 5.41) is 0.917. The Balaban J connectivity index is 1.78. The van der Waals surface area contributed by atoms with Gasteiger partial charge in [-0.2, -0.15) is 0 Å². The standard InChI is InChI=1S/C18H12N2OS/c1-2-7-13(8-3-1)21-17-14(9-6-12-19-17)18-20-15-10-4-5-11-16(15)22-18/h1-12H. The second kappa shape index (κ2) is 5.58. The Bertz CT molecular complexity index is 885. The van der Waals surface area contributed by atoms with Crippen molar-refractivity contribution in [1.29, 1.82) is 0 Å². The van der Waals surface area contributed by atoms with Gasteiger partial charge in [0.25, 0.3) is 0 Å². The Labute approximate surface area is 131 Å². The van der Waals surface area contributed by atoms with Gasteiger partial charge in [-0.25, -0.2) is 9.97 Å². The number of thiazole rings is 1. The zero-order chi connectivity index (χ0) is 14.8. The molecule has 0 saturated heterocycles. The third-order valence-electron chi connectivity index (χ3n) is 3.25. The van der Waals surface area contributed by atoms with Crippen molar-refractivity contribution in [3.05, 3.63) is 72.9 Å². The molecule has 0 fully saturated rings. The fraction of sp³-hybridized carbons (Fsp3) is 0.